The summed E-state index contributed by atoms with van der Waals surface area (Å²) in [6.07, 6.45) is 2.30. The second kappa shape index (κ2) is 8.20. The van der Waals surface area contributed by atoms with Gasteiger partial charge in [0.25, 0.3) is 5.35 Å². The number of imide groups is 1. The molecule has 8 heteroatoms. The molecule has 1 unspecified atom stereocenters. The number of amides is 3. The van der Waals surface area contributed by atoms with E-state index in [4.69, 9.17) is 0 Å². The van der Waals surface area contributed by atoms with Gasteiger partial charge < -0.3 is 0 Å². The molecule has 1 atom stereocenters. The van der Waals surface area contributed by atoms with Crippen molar-refractivity contribution in [3.8, 4) is 0 Å². The molecule has 0 aliphatic carbocycles. The lowest BCUT2D eigenvalue weighted by atomic mass is 10.0. The van der Waals surface area contributed by atoms with Crippen LogP contribution in [0.15, 0.2) is 23.4 Å². The Balaban J connectivity index is 1.47. The Bertz CT molecular complexity index is 920. The maximum Gasteiger partial charge on any atom is 0.328 e. The quantitative estimate of drug-likeness (QED) is 0.720. The molecule has 8 nitrogen and oxygen atoms in total. The van der Waals surface area contributed by atoms with E-state index in [1.54, 1.807) is 4.90 Å². The first kappa shape index (κ1) is 20.0. The fourth-order valence-corrected chi connectivity index (χ4v) is 4.25. The number of urea groups is 1. The maximum atomic E-state index is 12.2. The van der Waals surface area contributed by atoms with Crippen LogP contribution in [0.25, 0.3) is 5.70 Å². The molecule has 0 aromatic carbocycles. The average Bonchev–Trinajstić information content (AvgIpc) is 3.11. The first-order valence-corrected chi connectivity index (χ1v) is 10.6. The topological polar surface area (TPSA) is 74.2 Å². The van der Waals surface area contributed by atoms with Gasteiger partial charge in [-0.15, -0.1) is 0 Å². The van der Waals surface area contributed by atoms with Crippen molar-refractivity contribution >= 4 is 17.6 Å². The van der Waals surface area contributed by atoms with Crippen molar-refractivity contribution in [3.05, 3.63) is 29.2 Å². The first-order valence-electron chi connectivity index (χ1n) is 10.6. The van der Waals surface area contributed by atoms with E-state index in [-0.39, 0.29) is 11.9 Å². The molecule has 2 fully saturated rings. The molecular formula is C21H31N6O2+. The first-order chi connectivity index (χ1) is 13.9. The van der Waals surface area contributed by atoms with E-state index >= 15 is 0 Å². The number of nitrogens with zero attached hydrogens (tertiary/aromatic N) is 5. The highest BCUT2D eigenvalue weighted by Gasteiger charge is 2.31. The Hall–Kier alpha value is -2.32. The van der Waals surface area contributed by atoms with Crippen LogP contribution in [0, 0.1) is 5.92 Å². The summed E-state index contributed by atoms with van der Waals surface area (Å²) in [6, 6.07) is 4.52. The van der Waals surface area contributed by atoms with Crippen molar-refractivity contribution in [1.29, 1.82) is 0 Å². The Labute approximate surface area is 171 Å². The highest BCUT2D eigenvalue weighted by atomic mass is 16.2. The zero-order valence-corrected chi connectivity index (χ0v) is 17.6. The fourth-order valence-electron chi connectivity index (χ4n) is 4.25. The number of carbonyl (C=O) groups is 2. The van der Waals surface area contributed by atoms with Crippen molar-refractivity contribution in [2.24, 2.45) is 11.0 Å². The summed E-state index contributed by atoms with van der Waals surface area (Å²) in [4.78, 5) is 30.4. The summed E-state index contributed by atoms with van der Waals surface area (Å²) >= 11 is 0. The van der Waals surface area contributed by atoms with Crippen LogP contribution in [0.5, 0.6) is 0 Å². The maximum absolute atomic E-state index is 12.2. The molecule has 3 aliphatic heterocycles. The van der Waals surface area contributed by atoms with Gasteiger partial charge in [0.05, 0.1) is 0 Å². The highest BCUT2D eigenvalue weighted by molar-refractivity contribution is 5.99. The lowest BCUT2D eigenvalue weighted by Crippen LogP contribution is -2.51. The van der Waals surface area contributed by atoms with Gasteiger partial charge in [0.15, 0.2) is 0 Å². The molecule has 4 heterocycles. The van der Waals surface area contributed by atoms with Gasteiger partial charge in [0.1, 0.15) is 12.2 Å². The fraction of sp³-hybridized carbons (Fsp3) is 0.619. The highest BCUT2D eigenvalue weighted by Crippen LogP contribution is 2.15. The van der Waals surface area contributed by atoms with Crippen LogP contribution < -0.4 is 15.0 Å². The molecule has 1 aromatic heterocycles. The average molecular weight is 400 g/mol. The van der Waals surface area contributed by atoms with Crippen LogP contribution in [0.2, 0.25) is 0 Å². The minimum Gasteiger partial charge on any atom is -0.298 e. The Kier molecular flexibility index (Phi) is 5.65. The van der Waals surface area contributed by atoms with Crippen molar-refractivity contribution in [2.45, 2.75) is 39.8 Å². The van der Waals surface area contributed by atoms with Crippen molar-refractivity contribution < 1.29 is 14.0 Å². The molecule has 0 saturated carbocycles. The number of carbonyl (C=O) groups excluding carboxylic acids is 2. The monoisotopic (exact) mass is 399 g/mol. The summed E-state index contributed by atoms with van der Waals surface area (Å²) in [7, 11) is 0. The minimum absolute atomic E-state index is 0.214. The standard InChI is InChI=1S/C21H30N6O2/c1-15(2)16(3)25-10-8-24(9-11-25)14-17-4-7-27-18(12-17)19(13-22-27)26-6-5-20(28)23-21(26)29/h4,7,12,15-16H,5-6,8-11,13-14H2,1-3H3/p+1. The summed E-state index contributed by atoms with van der Waals surface area (Å²) in [6.45, 7) is 13.0. The molecule has 1 N–H and O–H groups in total. The van der Waals surface area contributed by atoms with Gasteiger partial charge in [0, 0.05) is 63.9 Å². The van der Waals surface area contributed by atoms with E-state index in [1.807, 2.05) is 10.6 Å². The van der Waals surface area contributed by atoms with Crippen LogP contribution in [0.4, 0.5) is 4.79 Å². The zero-order chi connectivity index (χ0) is 20.5. The molecule has 1 aromatic rings. The summed E-state index contributed by atoms with van der Waals surface area (Å²) in [5.74, 6) is 0.463. The Morgan fingerprint density at radius 3 is 2.59 bits per heavy atom. The second-order valence-electron chi connectivity index (χ2n) is 8.56. The zero-order valence-electron chi connectivity index (χ0n) is 17.6. The molecule has 0 bridgehead atoms. The third-order valence-electron chi connectivity index (χ3n) is 6.40. The van der Waals surface area contributed by atoms with E-state index in [2.05, 4.69) is 53.1 Å². The second-order valence-corrected chi connectivity index (χ2v) is 8.56. The van der Waals surface area contributed by atoms with E-state index in [1.165, 1.54) is 5.56 Å². The largest absolute Gasteiger partial charge is 0.328 e. The number of piperazine rings is 1. The number of fused-ring (bicyclic) bond motifs is 1. The normalized spacial score (nSPS) is 21.9. The minimum atomic E-state index is -0.347. The van der Waals surface area contributed by atoms with Gasteiger partial charge in [-0.3, -0.25) is 24.8 Å². The van der Waals surface area contributed by atoms with Gasteiger partial charge >= 0.3 is 6.03 Å². The number of aromatic nitrogens is 1. The van der Waals surface area contributed by atoms with E-state index in [0.717, 1.165) is 43.8 Å². The Morgan fingerprint density at radius 2 is 1.90 bits per heavy atom. The predicted octanol–water partition coefficient (Wildman–Crippen LogP) is 0.232. The van der Waals surface area contributed by atoms with E-state index in [9.17, 15) is 9.59 Å². The van der Waals surface area contributed by atoms with Gasteiger partial charge in [-0.2, -0.15) is 0 Å². The molecule has 3 aliphatic rings. The van der Waals surface area contributed by atoms with Gasteiger partial charge in [-0.25, -0.2) is 4.79 Å². The Morgan fingerprint density at radius 1 is 1.14 bits per heavy atom. The van der Waals surface area contributed by atoms with Gasteiger partial charge in [-0.05, 0) is 23.5 Å². The molecule has 3 amide bonds. The third kappa shape index (κ3) is 4.18. The summed E-state index contributed by atoms with van der Waals surface area (Å²) in [5, 5.41) is 7.84. The van der Waals surface area contributed by atoms with Crippen LogP contribution >= 0.6 is 0 Å². The lowest BCUT2D eigenvalue weighted by Gasteiger charge is -2.39. The number of hydrogen-bond donors (Lipinski definition) is 1. The smallest absolute Gasteiger partial charge is 0.298 e. The molecule has 29 heavy (non-hydrogen) atoms. The number of hydrogen-bond acceptors (Lipinski definition) is 5. The predicted molar refractivity (Wildman–Crippen MR) is 108 cm³/mol. The van der Waals surface area contributed by atoms with Crippen molar-refractivity contribution in [2.75, 3.05) is 39.3 Å². The molecular weight excluding hydrogens is 368 g/mol. The van der Waals surface area contributed by atoms with E-state index in [0.29, 0.717) is 31.5 Å². The third-order valence-corrected chi connectivity index (χ3v) is 6.40. The molecule has 2 saturated heterocycles. The molecule has 0 spiro atoms. The van der Waals surface area contributed by atoms with Crippen LogP contribution in [-0.2, 0) is 11.3 Å². The number of nitrogens with one attached hydrogen (secondary N) is 1. The number of rotatable bonds is 5. The molecule has 4 rings (SSSR count). The van der Waals surface area contributed by atoms with Crippen LogP contribution in [0.1, 0.15) is 32.8 Å². The van der Waals surface area contributed by atoms with Crippen molar-refractivity contribution in [3.63, 3.8) is 0 Å². The summed E-state index contributed by atoms with van der Waals surface area (Å²) < 4.78 is 1.84. The van der Waals surface area contributed by atoms with Gasteiger partial charge in [-0.1, -0.05) is 18.2 Å². The van der Waals surface area contributed by atoms with Crippen LogP contribution in [0.3, 0.4) is 0 Å². The number of pyridine rings is 1. The van der Waals surface area contributed by atoms with Gasteiger partial charge in [0.2, 0.25) is 12.1 Å². The molecule has 0 radical (unpaired) electrons. The van der Waals surface area contributed by atoms with E-state index < -0.39 is 0 Å². The SMILES string of the molecule is CC(C)C(C)N1CCN(Cc2cc[n+]3c(c2)=C(N2CCC(=O)NC2=O)CN=3)CC1. The van der Waals surface area contributed by atoms with Crippen molar-refractivity contribution in [1.82, 2.24) is 20.0 Å². The summed E-state index contributed by atoms with van der Waals surface area (Å²) in [5.41, 5.74) is 2.09. The molecule has 156 valence electrons. The van der Waals surface area contributed by atoms with Crippen LogP contribution in [-0.4, -0.2) is 71.9 Å². The lowest BCUT2D eigenvalue weighted by molar-refractivity contribution is -0.557.